The quantitative estimate of drug-likeness (QED) is 0.768. The Morgan fingerprint density at radius 1 is 1.26 bits per heavy atom. The highest BCUT2D eigenvalue weighted by molar-refractivity contribution is 6.08. The van der Waals surface area contributed by atoms with Crippen molar-refractivity contribution in [1.82, 2.24) is 4.98 Å². The Morgan fingerprint density at radius 2 is 2.11 bits per heavy atom. The summed E-state index contributed by atoms with van der Waals surface area (Å²) < 4.78 is 26.4. The van der Waals surface area contributed by atoms with Crippen LogP contribution in [0.1, 0.15) is 29.6 Å². The lowest BCUT2D eigenvalue weighted by atomic mass is 9.93. The lowest BCUT2D eigenvalue weighted by molar-refractivity contribution is 0.00531. The number of ketones is 1. The molecule has 2 nitrogen and oxygen atoms in total. The Kier molecular flexibility index (Phi) is 2.81. The highest BCUT2D eigenvalue weighted by Crippen LogP contribution is 2.40. The van der Waals surface area contributed by atoms with E-state index in [9.17, 15) is 13.6 Å². The fourth-order valence-corrected chi connectivity index (χ4v) is 2.71. The zero-order chi connectivity index (χ0) is 13.5. The van der Waals surface area contributed by atoms with Crippen LogP contribution < -0.4 is 0 Å². The summed E-state index contributed by atoms with van der Waals surface area (Å²) in [6.45, 7) is 0. The highest BCUT2D eigenvalue weighted by Gasteiger charge is 2.42. The van der Waals surface area contributed by atoms with Gasteiger partial charge in [0.25, 0.3) is 0 Å². The number of benzene rings is 1. The van der Waals surface area contributed by atoms with Crippen molar-refractivity contribution < 1.29 is 13.6 Å². The van der Waals surface area contributed by atoms with Crippen molar-refractivity contribution in [2.24, 2.45) is 5.92 Å². The second-order valence-corrected chi connectivity index (χ2v) is 5.04. The molecule has 1 unspecified atom stereocenters. The fourth-order valence-electron chi connectivity index (χ4n) is 2.71. The number of rotatable bonds is 2. The van der Waals surface area contributed by atoms with Crippen molar-refractivity contribution in [1.29, 1.82) is 0 Å². The van der Waals surface area contributed by atoms with Gasteiger partial charge in [0, 0.05) is 35.9 Å². The first-order chi connectivity index (χ1) is 9.07. The van der Waals surface area contributed by atoms with Gasteiger partial charge >= 0.3 is 0 Å². The van der Waals surface area contributed by atoms with Crippen LogP contribution in [0.15, 0.2) is 36.5 Å². The predicted octanol–water partition coefficient (Wildman–Crippen LogP) is 3.85. The van der Waals surface area contributed by atoms with Crippen molar-refractivity contribution in [2.75, 3.05) is 0 Å². The van der Waals surface area contributed by atoms with Gasteiger partial charge in [-0.25, -0.2) is 8.78 Å². The molecule has 0 radical (unpaired) electrons. The summed E-state index contributed by atoms with van der Waals surface area (Å²) >= 11 is 0. The maximum atomic E-state index is 13.2. The minimum Gasteiger partial charge on any atom is -0.294 e. The first kappa shape index (κ1) is 12.2. The number of halogens is 2. The molecule has 1 aliphatic rings. The number of nitrogens with zero attached hydrogens (tertiary/aromatic N) is 1. The molecule has 1 heterocycles. The number of carbonyl (C=O) groups excluding carboxylic acids is 1. The van der Waals surface area contributed by atoms with E-state index >= 15 is 0 Å². The predicted molar refractivity (Wildman–Crippen MR) is 68.4 cm³/mol. The topological polar surface area (TPSA) is 30.0 Å². The van der Waals surface area contributed by atoms with E-state index in [0.29, 0.717) is 5.56 Å². The third-order valence-electron chi connectivity index (χ3n) is 3.69. The van der Waals surface area contributed by atoms with Gasteiger partial charge in [0.15, 0.2) is 5.78 Å². The third-order valence-corrected chi connectivity index (χ3v) is 3.69. The summed E-state index contributed by atoms with van der Waals surface area (Å²) in [5, 5.41) is 0.741. The Bertz CT molecular complexity index is 634. The van der Waals surface area contributed by atoms with Crippen LogP contribution in [0.4, 0.5) is 8.78 Å². The number of aromatic nitrogens is 1. The van der Waals surface area contributed by atoms with Crippen molar-refractivity contribution >= 4 is 16.7 Å². The van der Waals surface area contributed by atoms with E-state index in [0.717, 1.165) is 10.9 Å². The Morgan fingerprint density at radius 3 is 2.84 bits per heavy atom. The zero-order valence-corrected chi connectivity index (χ0v) is 10.3. The van der Waals surface area contributed by atoms with Crippen LogP contribution in [0.25, 0.3) is 10.9 Å². The standard InChI is InChI=1S/C15H13F2NO/c16-15(17)7-6-10(9-15)14(19)12-3-1-5-13-11(12)4-2-8-18-13/h1-5,8,10H,6-7,9H2. The molecule has 98 valence electrons. The minimum atomic E-state index is -2.69. The van der Waals surface area contributed by atoms with Gasteiger partial charge in [-0.2, -0.15) is 0 Å². The second-order valence-electron chi connectivity index (χ2n) is 5.04. The number of Topliss-reactive ketones (excluding diaryl/α,β-unsaturated/α-hetero) is 1. The average Bonchev–Trinajstić information content (AvgIpc) is 2.78. The molecule has 1 saturated carbocycles. The molecular formula is C15H13F2NO. The van der Waals surface area contributed by atoms with Crippen LogP contribution in [0, 0.1) is 5.92 Å². The van der Waals surface area contributed by atoms with E-state index in [-0.39, 0.29) is 25.0 Å². The summed E-state index contributed by atoms with van der Waals surface area (Å²) in [6, 6.07) is 8.82. The molecule has 1 aromatic carbocycles. The number of carbonyl (C=O) groups is 1. The van der Waals surface area contributed by atoms with Crippen LogP contribution in [0.3, 0.4) is 0 Å². The normalized spacial score (nSPS) is 21.7. The summed E-state index contributed by atoms with van der Waals surface area (Å²) in [5.41, 5.74) is 1.23. The van der Waals surface area contributed by atoms with Crippen LogP contribution in [-0.2, 0) is 0 Å². The molecule has 0 aliphatic heterocycles. The Hall–Kier alpha value is -1.84. The number of alkyl halides is 2. The molecule has 1 aromatic heterocycles. The van der Waals surface area contributed by atoms with E-state index in [4.69, 9.17) is 0 Å². The number of hydrogen-bond acceptors (Lipinski definition) is 2. The summed E-state index contributed by atoms with van der Waals surface area (Å²) in [4.78, 5) is 16.6. The largest absolute Gasteiger partial charge is 0.294 e. The van der Waals surface area contributed by atoms with Crippen molar-refractivity contribution in [3.8, 4) is 0 Å². The number of pyridine rings is 1. The SMILES string of the molecule is O=C(c1cccc2ncccc12)C1CCC(F)(F)C1. The number of fused-ring (bicyclic) bond motifs is 1. The minimum absolute atomic E-state index is 0.184. The van der Waals surface area contributed by atoms with Crippen molar-refractivity contribution in [2.45, 2.75) is 25.2 Å². The molecule has 0 amide bonds. The van der Waals surface area contributed by atoms with E-state index in [1.807, 2.05) is 12.1 Å². The van der Waals surface area contributed by atoms with Crippen LogP contribution in [0.5, 0.6) is 0 Å². The summed E-state index contributed by atoms with van der Waals surface area (Å²) in [5.74, 6) is -3.44. The average molecular weight is 261 g/mol. The molecule has 1 atom stereocenters. The van der Waals surface area contributed by atoms with Crippen molar-refractivity contribution in [3.63, 3.8) is 0 Å². The molecule has 0 spiro atoms. The highest BCUT2D eigenvalue weighted by atomic mass is 19.3. The van der Waals surface area contributed by atoms with E-state index in [1.165, 1.54) is 0 Å². The van der Waals surface area contributed by atoms with Crippen molar-refractivity contribution in [3.05, 3.63) is 42.1 Å². The van der Waals surface area contributed by atoms with Gasteiger partial charge in [0.1, 0.15) is 0 Å². The Labute approximate surface area is 109 Å². The summed E-state index contributed by atoms with van der Waals surface area (Å²) in [7, 11) is 0. The van der Waals surface area contributed by atoms with E-state index in [1.54, 1.807) is 24.4 Å². The molecule has 0 bridgehead atoms. The van der Waals surface area contributed by atoms with Gasteiger partial charge in [0.2, 0.25) is 5.92 Å². The maximum Gasteiger partial charge on any atom is 0.248 e. The third kappa shape index (κ3) is 2.23. The lowest BCUT2D eigenvalue weighted by Crippen LogP contribution is -2.16. The molecule has 1 aliphatic carbocycles. The van der Waals surface area contributed by atoms with Gasteiger partial charge in [-0.15, -0.1) is 0 Å². The molecule has 4 heteroatoms. The maximum absolute atomic E-state index is 13.2. The molecular weight excluding hydrogens is 248 g/mol. The first-order valence-electron chi connectivity index (χ1n) is 6.33. The molecule has 3 rings (SSSR count). The van der Waals surface area contributed by atoms with Gasteiger partial charge in [-0.05, 0) is 18.6 Å². The van der Waals surface area contributed by atoms with Gasteiger partial charge in [-0.3, -0.25) is 9.78 Å². The smallest absolute Gasteiger partial charge is 0.248 e. The van der Waals surface area contributed by atoms with Gasteiger partial charge in [-0.1, -0.05) is 18.2 Å². The molecule has 1 fully saturated rings. The van der Waals surface area contributed by atoms with E-state index in [2.05, 4.69) is 4.98 Å². The number of hydrogen-bond donors (Lipinski definition) is 0. The second kappa shape index (κ2) is 4.37. The summed E-state index contributed by atoms with van der Waals surface area (Å²) in [6.07, 6.45) is 1.40. The van der Waals surface area contributed by atoms with Crippen LogP contribution >= 0.6 is 0 Å². The lowest BCUT2D eigenvalue weighted by Gasteiger charge is -2.11. The van der Waals surface area contributed by atoms with Crippen LogP contribution in [-0.4, -0.2) is 16.7 Å². The Balaban J connectivity index is 1.99. The van der Waals surface area contributed by atoms with E-state index < -0.39 is 11.8 Å². The molecule has 0 N–H and O–H groups in total. The molecule has 0 saturated heterocycles. The monoisotopic (exact) mass is 261 g/mol. The fraction of sp³-hybridized carbons (Fsp3) is 0.333. The molecule has 19 heavy (non-hydrogen) atoms. The van der Waals surface area contributed by atoms with Gasteiger partial charge in [0.05, 0.1) is 5.52 Å². The first-order valence-corrected chi connectivity index (χ1v) is 6.33. The van der Waals surface area contributed by atoms with Gasteiger partial charge < -0.3 is 0 Å². The molecule has 2 aromatic rings. The zero-order valence-electron chi connectivity index (χ0n) is 10.3. The van der Waals surface area contributed by atoms with Crippen LogP contribution in [0.2, 0.25) is 0 Å².